The highest BCUT2D eigenvalue weighted by atomic mass is 16.7. The average molecular weight is 720 g/mol. The Kier molecular flexibility index (Phi) is 32.5. The Bertz CT molecular complexity index is 982. The third-order valence-electron chi connectivity index (χ3n) is 8.01. The number of allylic oxidation sites excluding steroid dienone is 8. The fourth-order valence-electron chi connectivity index (χ4n) is 4.90. The maximum atomic E-state index is 12.7. The van der Waals surface area contributed by atoms with E-state index in [2.05, 4.69) is 62.5 Å². The molecule has 0 aliphatic rings. The molecule has 0 radical (unpaired) electrons. The first-order valence-corrected chi connectivity index (χ1v) is 19.8. The Morgan fingerprint density at radius 3 is 1.55 bits per heavy atom. The van der Waals surface area contributed by atoms with Gasteiger partial charge in [-0.3, -0.25) is 9.59 Å². The van der Waals surface area contributed by atoms with Crippen LogP contribution < -0.4 is 5.11 Å². The highest BCUT2D eigenvalue weighted by Crippen LogP contribution is 2.12. The molecule has 0 heterocycles. The van der Waals surface area contributed by atoms with E-state index in [-0.39, 0.29) is 38.6 Å². The summed E-state index contributed by atoms with van der Waals surface area (Å²) in [6.45, 7) is 4.54. The van der Waals surface area contributed by atoms with Crippen LogP contribution in [0.25, 0.3) is 0 Å². The number of carboxylic acid groups (broad SMARTS) is 1. The van der Waals surface area contributed by atoms with Crippen LogP contribution in [0.15, 0.2) is 48.6 Å². The number of quaternary nitrogens is 1. The highest BCUT2D eigenvalue weighted by Gasteiger charge is 2.21. The first-order valence-electron chi connectivity index (χ1n) is 19.8. The summed E-state index contributed by atoms with van der Waals surface area (Å²) < 4.78 is 22.4. The van der Waals surface area contributed by atoms with Gasteiger partial charge in [0.2, 0.25) is 0 Å². The Morgan fingerprint density at radius 1 is 0.588 bits per heavy atom. The second kappa shape index (κ2) is 34.3. The van der Waals surface area contributed by atoms with Gasteiger partial charge >= 0.3 is 11.9 Å². The molecule has 0 N–H and O–H groups in total. The number of likely N-dealkylation sites (N-methyl/N-ethyl adjacent to an activating group) is 1. The summed E-state index contributed by atoms with van der Waals surface area (Å²) in [4.78, 5) is 36.8. The van der Waals surface area contributed by atoms with E-state index in [1.54, 1.807) is 0 Å². The van der Waals surface area contributed by atoms with Crippen LogP contribution in [0.2, 0.25) is 0 Å². The molecule has 0 aromatic carbocycles. The Morgan fingerprint density at radius 2 is 1.06 bits per heavy atom. The number of aliphatic carboxylic acids is 1. The van der Waals surface area contributed by atoms with Crippen molar-refractivity contribution in [2.75, 3.05) is 47.5 Å². The number of hydrogen-bond acceptors (Lipinski definition) is 8. The predicted octanol–water partition coefficient (Wildman–Crippen LogP) is 8.32. The molecule has 0 aromatic rings. The van der Waals surface area contributed by atoms with E-state index < -0.39 is 24.3 Å². The molecule has 0 saturated carbocycles. The predicted molar refractivity (Wildman–Crippen MR) is 205 cm³/mol. The molecule has 51 heavy (non-hydrogen) atoms. The normalized spacial score (nSPS) is 13.5. The van der Waals surface area contributed by atoms with Crippen LogP contribution in [0.3, 0.4) is 0 Å². The van der Waals surface area contributed by atoms with Gasteiger partial charge < -0.3 is 33.3 Å². The van der Waals surface area contributed by atoms with Crippen molar-refractivity contribution in [1.29, 1.82) is 0 Å². The molecule has 0 saturated heterocycles. The van der Waals surface area contributed by atoms with Gasteiger partial charge in [-0.1, -0.05) is 114 Å². The molecule has 0 bridgehead atoms. The summed E-state index contributed by atoms with van der Waals surface area (Å²) in [6.07, 6.45) is 34.3. The van der Waals surface area contributed by atoms with Gasteiger partial charge in [0.25, 0.3) is 0 Å². The van der Waals surface area contributed by atoms with E-state index in [0.29, 0.717) is 17.4 Å². The Balaban J connectivity index is 4.58. The monoisotopic (exact) mass is 720 g/mol. The molecular formula is C42H73NO8. The van der Waals surface area contributed by atoms with Gasteiger partial charge in [0.1, 0.15) is 13.2 Å². The van der Waals surface area contributed by atoms with Gasteiger partial charge in [-0.2, -0.15) is 0 Å². The SMILES string of the molecule is CCC/C=C\C/C=C\CCCCCCCC(=O)OCC(COC(OCC[N+](C)(C)C)C(=O)[O-])OC(=O)CCCCCCC/C=C\C/C=C\CCC. The van der Waals surface area contributed by atoms with Crippen molar-refractivity contribution in [2.45, 2.75) is 155 Å². The third-order valence-corrected chi connectivity index (χ3v) is 8.01. The Hall–Kier alpha value is -2.75. The zero-order valence-electron chi connectivity index (χ0n) is 33.0. The molecule has 0 aromatic heterocycles. The van der Waals surface area contributed by atoms with E-state index in [9.17, 15) is 19.5 Å². The second-order valence-electron chi connectivity index (χ2n) is 14.2. The molecule has 9 heteroatoms. The van der Waals surface area contributed by atoms with E-state index in [1.807, 2.05) is 21.1 Å². The maximum Gasteiger partial charge on any atom is 0.306 e. The number of unbranched alkanes of at least 4 members (excludes halogenated alkanes) is 12. The number of nitrogens with zero attached hydrogens (tertiary/aromatic N) is 1. The summed E-state index contributed by atoms with van der Waals surface area (Å²) in [5, 5.41) is 11.6. The lowest BCUT2D eigenvalue weighted by atomic mass is 10.1. The van der Waals surface area contributed by atoms with Crippen LogP contribution in [-0.4, -0.2) is 82.3 Å². The van der Waals surface area contributed by atoms with E-state index in [1.165, 1.54) is 12.8 Å². The van der Waals surface area contributed by atoms with Gasteiger partial charge in [0.05, 0.1) is 40.3 Å². The van der Waals surface area contributed by atoms with Crippen LogP contribution >= 0.6 is 0 Å². The van der Waals surface area contributed by atoms with Crippen molar-refractivity contribution in [3.05, 3.63) is 48.6 Å². The second-order valence-corrected chi connectivity index (χ2v) is 14.2. The fourth-order valence-corrected chi connectivity index (χ4v) is 4.90. The Labute approximate surface area is 311 Å². The van der Waals surface area contributed by atoms with Crippen molar-refractivity contribution in [3.8, 4) is 0 Å². The summed E-state index contributed by atoms with van der Waals surface area (Å²) in [6, 6.07) is 0. The van der Waals surface area contributed by atoms with Crippen molar-refractivity contribution >= 4 is 17.9 Å². The lowest BCUT2D eigenvalue weighted by Crippen LogP contribution is -2.44. The first-order chi connectivity index (χ1) is 24.6. The van der Waals surface area contributed by atoms with Crippen molar-refractivity contribution in [3.63, 3.8) is 0 Å². The van der Waals surface area contributed by atoms with Gasteiger partial charge in [-0.25, -0.2) is 0 Å². The molecular weight excluding hydrogens is 646 g/mol. The average Bonchev–Trinajstić information content (AvgIpc) is 3.08. The molecule has 294 valence electrons. The van der Waals surface area contributed by atoms with Gasteiger partial charge in [-0.15, -0.1) is 0 Å². The lowest BCUT2D eigenvalue weighted by molar-refractivity contribution is -0.870. The molecule has 0 amide bonds. The minimum absolute atomic E-state index is 0.141. The lowest BCUT2D eigenvalue weighted by Gasteiger charge is -2.26. The summed E-state index contributed by atoms with van der Waals surface area (Å²) in [7, 11) is 5.88. The van der Waals surface area contributed by atoms with Crippen LogP contribution in [0.4, 0.5) is 0 Å². The molecule has 2 atom stereocenters. The van der Waals surface area contributed by atoms with Gasteiger partial charge in [0, 0.05) is 12.8 Å². The van der Waals surface area contributed by atoms with Crippen LogP contribution in [0, 0.1) is 0 Å². The van der Waals surface area contributed by atoms with Crippen LogP contribution in [0.1, 0.15) is 142 Å². The molecule has 0 fully saturated rings. The molecule has 9 nitrogen and oxygen atoms in total. The van der Waals surface area contributed by atoms with Crippen molar-refractivity contribution in [1.82, 2.24) is 0 Å². The largest absolute Gasteiger partial charge is 0.545 e. The van der Waals surface area contributed by atoms with Gasteiger partial charge in [-0.05, 0) is 64.2 Å². The standard InChI is InChI=1S/C42H73NO8/c1-6-8-10-12-14-16-18-20-22-24-26-28-30-32-39(44)49-36-38(37-50-42(41(46)47)48-35-34-43(3,4)5)51-40(45)33-31-29-27-25-23-21-19-17-15-13-11-9-7-2/h10-13,16-19,38,42H,6-9,14-15,20-37H2,1-5H3/b12-10-,13-11-,18-16-,19-17-. The third kappa shape index (κ3) is 35.4. The minimum Gasteiger partial charge on any atom is -0.545 e. The number of ether oxygens (including phenoxy) is 4. The number of hydrogen-bond donors (Lipinski definition) is 0. The van der Waals surface area contributed by atoms with Crippen molar-refractivity contribution in [2.24, 2.45) is 0 Å². The summed E-state index contributed by atoms with van der Waals surface area (Å²) in [5.74, 6) is -2.33. The molecule has 0 rings (SSSR count). The van der Waals surface area contributed by atoms with E-state index >= 15 is 0 Å². The fraction of sp³-hybridized carbons (Fsp3) is 0.738. The van der Waals surface area contributed by atoms with Crippen LogP contribution in [0.5, 0.6) is 0 Å². The zero-order chi connectivity index (χ0) is 37.8. The van der Waals surface area contributed by atoms with E-state index in [0.717, 1.165) is 96.3 Å². The number of rotatable bonds is 35. The van der Waals surface area contributed by atoms with Crippen LogP contribution in [-0.2, 0) is 33.3 Å². The van der Waals surface area contributed by atoms with Crippen molar-refractivity contribution < 1.29 is 42.9 Å². The minimum atomic E-state index is -1.63. The quantitative estimate of drug-likeness (QED) is 0.0211. The number of carboxylic acids is 1. The molecule has 0 spiro atoms. The maximum absolute atomic E-state index is 12.7. The number of carbonyl (C=O) groups excluding carboxylic acids is 3. The van der Waals surface area contributed by atoms with E-state index in [4.69, 9.17) is 18.9 Å². The topological polar surface area (TPSA) is 111 Å². The van der Waals surface area contributed by atoms with Gasteiger partial charge in [0.15, 0.2) is 12.4 Å². The number of esters is 2. The summed E-state index contributed by atoms with van der Waals surface area (Å²) in [5.41, 5.74) is 0. The highest BCUT2D eigenvalue weighted by molar-refractivity contribution is 5.70. The first kappa shape index (κ1) is 48.2. The zero-order valence-corrected chi connectivity index (χ0v) is 33.0. The summed E-state index contributed by atoms with van der Waals surface area (Å²) >= 11 is 0. The molecule has 2 unspecified atom stereocenters. The smallest absolute Gasteiger partial charge is 0.306 e. The molecule has 0 aliphatic carbocycles. The number of carbonyl (C=O) groups is 3. The molecule has 0 aliphatic heterocycles.